The van der Waals surface area contributed by atoms with E-state index in [0.29, 0.717) is 0 Å². The van der Waals surface area contributed by atoms with Crippen molar-refractivity contribution >= 4 is 11.6 Å². The molecule has 6 N–H and O–H groups in total. The smallest absolute Gasteiger partial charge is 0.185 e. The number of nitrogens with one attached hydrogen (secondary N) is 2. The molecule has 2 unspecified atom stereocenters. The molecule has 10 heteroatoms. The van der Waals surface area contributed by atoms with Crippen molar-refractivity contribution in [3.63, 3.8) is 0 Å². The number of hydrogen-bond acceptors (Lipinski definition) is 10. The lowest BCUT2D eigenvalue weighted by molar-refractivity contribution is 0.105. The van der Waals surface area contributed by atoms with Gasteiger partial charge >= 0.3 is 0 Å². The van der Waals surface area contributed by atoms with Crippen LogP contribution in [0.15, 0.2) is 0 Å². The minimum Gasteiger partial charge on any atom is -0.394 e. The number of nitriles is 2. The molecular formula is C12H16N6O4. The number of aliphatic hydroxyl groups is 4. The minimum absolute atomic E-state index is 0.000179. The average molecular weight is 308 g/mol. The second-order valence-corrected chi connectivity index (χ2v) is 4.28. The van der Waals surface area contributed by atoms with E-state index in [1.807, 2.05) is 0 Å². The Kier molecular flexibility index (Phi) is 6.95. The van der Waals surface area contributed by atoms with Gasteiger partial charge in [-0.3, -0.25) is 0 Å². The molecule has 1 aromatic heterocycles. The van der Waals surface area contributed by atoms with Gasteiger partial charge in [0.05, 0.1) is 25.4 Å². The fourth-order valence-corrected chi connectivity index (χ4v) is 1.40. The molecule has 0 aliphatic carbocycles. The largest absolute Gasteiger partial charge is 0.394 e. The summed E-state index contributed by atoms with van der Waals surface area (Å²) in [4.78, 5) is 7.83. The maximum Gasteiger partial charge on any atom is 0.185 e. The highest BCUT2D eigenvalue weighted by atomic mass is 16.3. The third kappa shape index (κ3) is 4.80. The van der Waals surface area contributed by atoms with Gasteiger partial charge in [-0.25, -0.2) is 9.97 Å². The highest BCUT2D eigenvalue weighted by Gasteiger charge is 2.15. The molecule has 10 nitrogen and oxygen atoms in total. The molecule has 1 heterocycles. The zero-order chi connectivity index (χ0) is 16.5. The summed E-state index contributed by atoms with van der Waals surface area (Å²) in [6, 6.07) is 3.58. The topological polar surface area (TPSA) is 178 Å². The molecule has 118 valence electrons. The van der Waals surface area contributed by atoms with Gasteiger partial charge in [0.25, 0.3) is 0 Å². The molecule has 0 aromatic carbocycles. The molecule has 0 saturated heterocycles. The van der Waals surface area contributed by atoms with Gasteiger partial charge in [-0.15, -0.1) is 0 Å². The first-order valence-corrected chi connectivity index (χ1v) is 6.33. The van der Waals surface area contributed by atoms with Crippen LogP contribution in [-0.2, 0) is 0 Å². The molecule has 1 aromatic rings. The van der Waals surface area contributed by atoms with Crippen molar-refractivity contribution in [3.8, 4) is 12.1 Å². The van der Waals surface area contributed by atoms with Crippen LogP contribution in [0.25, 0.3) is 0 Å². The Morgan fingerprint density at radius 2 is 1.23 bits per heavy atom. The van der Waals surface area contributed by atoms with Crippen LogP contribution in [0, 0.1) is 22.7 Å². The second-order valence-electron chi connectivity index (χ2n) is 4.28. The van der Waals surface area contributed by atoms with Gasteiger partial charge in [0.15, 0.2) is 23.0 Å². The van der Waals surface area contributed by atoms with E-state index in [-0.39, 0.29) is 36.1 Å². The second kappa shape index (κ2) is 8.71. The van der Waals surface area contributed by atoms with E-state index < -0.39 is 25.4 Å². The summed E-state index contributed by atoms with van der Waals surface area (Å²) in [5.41, 5.74) is -0.241. The Labute approximate surface area is 126 Å². The summed E-state index contributed by atoms with van der Waals surface area (Å²) >= 11 is 0. The van der Waals surface area contributed by atoms with E-state index in [0.717, 1.165) is 0 Å². The fraction of sp³-hybridized carbons (Fsp3) is 0.500. The summed E-state index contributed by atoms with van der Waals surface area (Å²) in [6.07, 6.45) is -2.09. The van der Waals surface area contributed by atoms with Crippen molar-refractivity contribution < 1.29 is 20.4 Å². The number of rotatable bonds is 8. The predicted octanol–water partition coefficient (Wildman–Crippen LogP) is -2.25. The first-order chi connectivity index (χ1) is 10.5. The summed E-state index contributed by atoms with van der Waals surface area (Å²) in [5, 5.41) is 59.3. The molecule has 1 rings (SSSR count). The first kappa shape index (κ1) is 17.6. The molecule has 0 aliphatic heterocycles. The van der Waals surface area contributed by atoms with E-state index in [9.17, 15) is 10.2 Å². The molecule has 0 spiro atoms. The van der Waals surface area contributed by atoms with Crippen LogP contribution >= 0.6 is 0 Å². The van der Waals surface area contributed by atoms with Crippen LogP contribution in [0.5, 0.6) is 0 Å². The maximum absolute atomic E-state index is 9.26. The molecule has 0 fully saturated rings. The normalized spacial score (nSPS) is 12.8. The highest BCUT2D eigenvalue weighted by Crippen LogP contribution is 2.17. The van der Waals surface area contributed by atoms with Gasteiger partial charge in [-0.05, 0) is 0 Å². The molecule has 0 aliphatic rings. The molecular weight excluding hydrogens is 292 g/mol. The Morgan fingerprint density at radius 3 is 1.50 bits per heavy atom. The predicted molar refractivity (Wildman–Crippen MR) is 74.6 cm³/mol. The van der Waals surface area contributed by atoms with E-state index in [4.69, 9.17) is 20.7 Å². The SMILES string of the molecule is N#Cc1nc(NCC(O)CO)c(C#N)nc1NCC(O)CO. The van der Waals surface area contributed by atoms with Gasteiger partial charge < -0.3 is 31.1 Å². The van der Waals surface area contributed by atoms with Crippen LogP contribution in [-0.4, -0.2) is 68.9 Å². The Hall–Kier alpha value is -2.50. The van der Waals surface area contributed by atoms with Crippen molar-refractivity contribution in [3.05, 3.63) is 11.4 Å². The number of anilines is 2. The van der Waals surface area contributed by atoms with Crippen LogP contribution in [0.2, 0.25) is 0 Å². The van der Waals surface area contributed by atoms with E-state index in [2.05, 4.69) is 20.6 Å². The summed E-state index contributed by atoms with van der Waals surface area (Å²) in [6.45, 7) is -1.07. The zero-order valence-electron chi connectivity index (χ0n) is 11.6. The standard InChI is InChI=1S/C12H16N6O4/c13-1-9-11(15-3-7(21)5-19)18-10(2-14)12(17-9)16-4-8(22)6-20/h7-8,19-22H,3-6H2,(H,16,17)(H,15,18). The van der Waals surface area contributed by atoms with Gasteiger partial charge in [0, 0.05) is 13.1 Å². The number of aliphatic hydroxyl groups excluding tert-OH is 4. The Bertz CT molecular complexity index is 530. The van der Waals surface area contributed by atoms with Crippen molar-refractivity contribution in [2.45, 2.75) is 12.2 Å². The average Bonchev–Trinajstić information content (AvgIpc) is 2.56. The van der Waals surface area contributed by atoms with Crippen LogP contribution in [0.3, 0.4) is 0 Å². The first-order valence-electron chi connectivity index (χ1n) is 6.33. The van der Waals surface area contributed by atoms with Gasteiger partial charge in [-0.1, -0.05) is 0 Å². The molecule has 0 saturated carbocycles. The summed E-state index contributed by atoms with van der Waals surface area (Å²) in [7, 11) is 0. The molecule has 0 bridgehead atoms. The van der Waals surface area contributed by atoms with Crippen LogP contribution in [0.1, 0.15) is 11.4 Å². The van der Waals surface area contributed by atoms with E-state index in [1.165, 1.54) is 0 Å². The third-order valence-electron chi connectivity index (χ3n) is 2.54. The van der Waals surface area contributed by atoms with E-state index >= 15 is 0 Å². The number of aromatic nitrogens is 2. The number of nitrogens with zero attached hydrogens (tertiary/aromatic N) is 4. The maximum atomic E-state index is 9.26. The monoisotopic (exact) mass is 308 g/mol. The van der Waals surface area contributed by atoms with E-state index in [1.54, 1.807) is 12.1 Å². The van der Waals surface area contributed by atoms with Gasteiger partial charge in [0.2, 0.25) is 0 Å². The van der Waals surface area contributed by atoms with Gasteiger partial charge in [0.1, 0.15) is 12.1 Å². The molecule has 0 amide bonds. The lowest BCUT2D eigenvalue weighted by Crippen LogP contribution is -2.25. The van der Waals surface area contributed by atoms with Crippen molar-refractivity contribution in [1.29, 1.82) is 10.5 Å². The van der Waals surface area contributed by atoms with Crippen LogP contribution < -0.4 is 10.6 Å². The zero-order valence-corrected chi connectivity index (χ0v) is 11.6. The molecule has 22 heavy (non-hydrogen) atoms. The Balaban J connectivity index is 2.98. The minimum atomic E-state index is -1.05. The Morgan fingerprint density at radius 1 is 0.864 bits per heavy atom. The molecule has 2 atom stereocenters. The summed E-state index contributed by atoms with van der Waals surface area (Å²) < 4.78 is 0. The van der Waals surface area contributed by atoms with Crippen LogP contribution in [0.4, 0.5) is 11.6 Å². The lowest BCUT2D eigenvalue weighted by atomic mass is 10.3. The quantitative estimate of drug-likeness (QED) is 0.307. The summed E-state index contributed by atoms with van der Waals surface area (Å²) in [5.74, 6) is -0.000358. The fourth-order valence-electron chi connectivity index (χ4n) is 1.40. The van der Waals surface area contributed by atoms with Gasteiger partial charge in [-0.2, -0.15) is 10.5 Å². The van der Waals surface area contributed by atoms with Crippen molar-refractivity contribution in [1.82, 2.24) is 9.97 Å². The highest BCUT2D eigenvalue weighted by molar-refractivity contribution is 5.58. The van der Waals surface area contributed by atoms with Crippen molar-refractivity contribution in [2.24, 2.45) is 0 Å². The van der Waals surface area contributed by atoms with Crippen molar-refractivity contribution in [2.75, 3.05) is 36.9 Å². The molecule has 0 radical (unpaired) electrons. The lowest BCUT2D eigenvalue weighted by Gasteiger charge is -2.13. The number of hydrogen-bond donors (Lipinski definition) is 6. The third-order valence-corrected chi connectivity index (χ3v) is 2.54.